The number of rotatable bonds is 5. The molecule has 198 valence electrons. The average molecular weight is 528 g/mol. The first-order valence-corrected chi connectivity index (χ1v) is 12.9. The summed E-state index contributed by atoms with van der Waals surface area (Å²) in [6.45, 7) is 5.60. The standard InChI is InChI=1S/C30H27F2N5O2/c1-17(2)25-27(38)37(29(3,36-25)20-11-21(31)13-22(32)12-20)9-5-6-18-10-19-14-30(15-24(19)34-16-18)23-7-4-8-33-26(23)35-28(30)39/h4-8,10-13,16-17H,9,14-15H2,1-3H3,(H,33,35,39)/t29-,30?/m1/s1. The molecule has 1 spiro atoms. The van der Waals surface area contributed by atoms with Gasteiger partial charge in [0.05, 0.1) is 5.41 Å². The number of fused-ring (bicyclic) bond motifs is 3. The van der Waals surface area contributed by atoms with Gasteiger partial charge in [-0.25, -0.2) is 13.8 Å². The van der Waals surface area contributed by atoms with Gasteiger partial charge < -0.3 is 10.2 Å². The third kappa shape index (κ3) is 3.95. The molecule has 1 aromatic carbocycles. The van der Waals surface area contributed by atoms with E-state index >= 15 is 0 Å². The minimum Gasteiger partial charge on any atom is -0.310 e. The molecule has 7 nitrogen and oxygen atoms in total. The monoisotopic (exact) mass is 527 g/mol. The van der Waals surface area contributed by atoms with Crippen LogP contribution in [0.1, 0.15) is 48.7 Å². The number of nitrogens with one attached hydrogen (secondary N) is 1. The zero-order valence-electron chi connectivity index (χ0n) is 21.8. The van der Waals surface area contributed by atoms with Crippen LogP contribution < -0.4 is 5.32 Å². The maximum absolute atomic E-state index is 14.1. The van der Waals surface area contributed by atoms with Crippen molar-refractivity contribution in [2.75, 3.05) is 11.9 Å². The van der Waals surface area contributed by atoms with E-state index in [-0.39, 0.29) is 29.8 Å². The molecule has 0 saturated heterocycles. The van der Waals surface area contributed by atoms with Crippen LogP contribution in [0.3, 0.4) is 0 Å². The van der Waals surface area contributed by atoms with Crippen molar-refractivity contribution in [2.24, 2.45) is 10.9 Å². The molecule has 39 heavy (non-hydrogen) atoms. The molecule has 0 radical (unpaired) electrons. The lowest BCUT2D eigenvalue weighted by atomic mass is 9.80. The maximum Gasteiger partial charge on any atom is 0.270 e. The second kappa shape index (κ2) is 8.90. The number of aromatic nitrogens is 2. The number of carbonyl (C=O) groups is 2. The number of nitrogens with zero attached hydrogens (tertiary/aromatic N) is 4. The van der Waals surface area contributed by atoms with E-state index in [2.05, 4.69) is 20.3 Å². The molecule has 1 aliphatic carbocycles. The summed E-state index contributed by atoms with van der Waals surface area (Å²) in [6.07, 6.45) is 8.12. The highest BCUT2D eigenvalue weighted by Gasteiger charge is 2.51. The van der Waals surface area contributed by atoms with Gasteiger partial charge in [0.2, 0.25) is 5.91 Å². The highest BCUT2D eigenvalue weighted by atomic mass is 19.1. The van der Waals surface area contributed by atoms with E-state index in [4.69, 9.17) is 0 Å². The first-order chi connectivity index (χ1) is 18.6. The fraction of sp³-hybridized carbons (Fsp3) is 0.300. The summed E-state index contributed by atoms with van der Waals surface area (Å²) in [5.41, 5.74) is 2.28. The molecule has 9 heteroatoms. The minimum atomic E-state index is -1.25. The summed E-state index contributed by atoms with van der Waals surface area (Å²) in [4.78, 5) is 41.4. The molecule has 2 atom stereocenters. The SMILES string of the molecule is CC(C)C1=N[C@@](C)(c2cc(F)cc(F)c2)N(CC=Cc2cnc3c(c2)CC2(C3)C(=O)Nc3ncccc32)C1=O. The van der Waals surface area contributed by atoms with Gasteiger partial charge in [0.1, 0.15) is 23.2 Å². The Labute approximate surface area is 224 Å². The predicted molar refractivity (Wildman–Crippen MR) is 143 cm³/mol. The Hall–Kier alpha value is -4.27. The lowest BCUT2D eigenvalue weighted by Gasteiger charge is -2.33. The Morgan fingerprint density at radius 3 is 2.62 bits per heavy atom. The summed E-state index contributed by atoms with van der Waals surface area (Å²) in [5.74, 6) is -1.32. The van der Waals surface area contributed by atoms with Gasteiger partial charge in [-0.2, -0.15) is 0 Å². The number of halogens is 2. The summed E-state index contributed by atoms with van der Waals surface area (Å²) in [6, 6.07) is 9.02. The van der Waals surface area contributed by atoms with E-state index in [1.165, 1.54) is 17.0 Å². The van der Waals surface area contributed by atoms with Crippen molar-refractivity contribution in [1.82, 2.24) is 14.9 Å². The van der Waals surface area contributed by atoms with Crippen molar-refractivity contribution >= 4 is 29.4 Å². The number of amides is 2. The van der Waals surface area contributed by atoms with Crippen LogP contribution >= 0.6 is 0 Å². The Morgan fingerprint density at radius 1 is 1.10 bits per heavy atom. The largest absolute Gasteiger partial charge is 0.310 e. The molecule has 2 amide bonds. The van der Waals surface area contributed by atoms with Crippen molar-refractivity contribution < 1.29 is 18.4 Å². The third-order valence-corrected chi connectivity index (χ3v) is 7.91. The Kier molecular flexibility index (Phi) is 5.71. The number of hydrogen-bond donors (Lipinski definition) is 1. The van der Waals surface area contributed by atoms with E-state index in [1.54, 1.807) is 19.3 Å². The molecule has 0 fully saturated rings. The van der Waals surface area contributed by atoms with Crippen molar-refractivity contribution in [3.63, 3.8) is 0 Å². The van der Waals surface area contributed by atoms with Crippen molar-refractivity contribution in [3.05, 3.63) is 94.5 Å². The van der Waals surface area contributed by atoms with Gasteiger partial charge in [0.25, 0.3) is 5.91 Å². The van der Waals surface area contributed by atoms with Crippen LogP contribution in [0.4, 0.5) is 14.6 Å². The number of aliphatic imine (C=N–C) groups is 1. The van der Waals surface area contributed by atoms with Gasteiger partial charge in [-0.15, -0.1) is 0 Å². The van der Waals surface area contributed by atoms with Crippen molar-refractivity contribution in [2.45, 2.75) is 44.7 Å². The third-order valence-electron chi connectivity index (χ3n) is 7.91. The predicted octanol–water partition coefficient (Wildman–Crippen LogP) is 4.57. The van der Waals surface area contributed by atoms with Crippen LogP contribution in [0.25, 0.3) is 6.08 Å². The fourth-order valence-electron chi connectivity index (χ4n) is 5.88. The van der Waals surface area contributed by atoms with Crippen LogP contribution in [0.2, 0.25) is 0 Å². The van der Waals surface area contributed by atoms with Crippen LogP contribution in [0, 0.1) is 17.6 Å². The quantitative estimate of drug-likeness (QED) is 0.527. The summed E-state index contributed by atoms with van der Waals surface area (Å²) in [5, 5.41) is 2.90. The zero-order valence-corrected chi connectivity index (χ0v) is 21.8. The Balaban J connectivity index is 1.25. The molecule has 0 saturated carbocycles. The lowest BCUT2D eigenvalue weighted by Crippen LogP contribution is -2.43. The molecule has 6 rings (SSSR count). The average Bonchev–Trinajstić information content (AvgIpc) is 3.49. The fourth-order valence-corrected chi connectivity index (χ4v) is 5.88. The van der Waals surface area contributed by atoms with E-state index in [0.29, 0.717) is 24.4 Å². The number of anilines is 1. The smallest absolute Gasteiger partial charge is 0.270 e. The normalized spacial score (nSPS) is 23.6. The van der Waals surface area contributed by atoms with Gasteiger partial charge in [0.15, 0.2) is 5.66 Å². The maximum atomic E-state index is 14.1. The van der Waals surface area contributed by atoms with E-state index in [9.17, 15) is 18.4 Å². The van der Waals surface area contributed by atoms with Gasteiger partial charge in [-0.05, 0) is 48.7 Å². The molecule has 3 aliphatic rings. The van der Waals surface area contributed by atoms with E-state index < -0.39 is 22.7 Å². The van der Waals surface area contributed by atoms with Crippen molar-refractivity contribution in [1.29, 1.82) is 0 Å². The first kappa shape index (κ1) is 25.0. The summed E-state index contributed by atoms with van der Waals surface area (Å²) < 4.78 is 28.2. The van der Waals surface area contributed by atoms with Crippen LogP contribution in [0.15, 0.2) is 59.9 Å². The van der Waals surface area contributed by atoms with Gasteiger partial charge in [-0.3, -0.25) is 19.6 Å². The van der Waals surface area contributed by atoms with Gasteiger partial charge in [0, 0.05) is 54.2 Å². The second-order valence-corrected chi connectivity index (χ2v) is 10.8. The Morgan fingerprint density at radius 2 is 1.87 bits per heavy atom. The van der Waals surface area contributed by atoms with Crippen molar-refractivity contribution in [3.8, 4) is 0 Å². The zero-order chi connectivity index (χ0) is 27.5. The van der Waals surface area contributed by atoms with E-state index in [0.717, 1.165) is 28.5 Å². The topological polar surface area (TPSA) is 87.6 Å². The number of carbonyl (C=O) groups excluding carboxylic acids is 2. The van der Waals surface area contributed by atoms with E-state index in [1.807, 2.05) is 44.2 Å². The molecule has 2 aromatic heterocycles. The summed E-state index contributed by atoms with van der Waals surface area (Å²) in [7, 11) is 0. The molecular formula is C30H27F2N5O2. The minimum absolute atomic E-state index is 0.0622. The molecule has 3 aromatic rings. The molecule has 4 heterocycles. The highest BCUT2D eigenvalue weighted by Crippen LogP contribution is 2.46. The van der Waals surface area contributed by atoms with Crippen LogP contribution in [-0.4, -0.2) is 38.9 Å². The number of pyridine rings is 2. The van der Waals surface area contributed by atoms with Gasteiger partial charge in [-0.1, -0.05) is 32.1 Å². The first-order valence-electron chi connectivity index (χ1n) is 12.9. The molecule has 2 aliphatic heterocycles. The number of benzene rings is 1. The number of hydrogen-bond acceptors (Lipinski definition) is 5. The molecule has 1 unspecified atom stereocenters. The second-order valence-electron chi connectivity index (χ2n) is 10.8. The lowest BCUT2D eigenvalue weighted by molar-refractivity contribution is -0.127. The summed E-state index contributed by atoms with van der Waals surface area (Å²) >= 11 is 0. The molecular weight excluding hydrogens is 500 g/mol. The molecule has 1 N–H and O–H groups in total. The van der Waals surface area contributed by atoms with Crippen LogP contribution in [0.5, 0.6) is 0 Å². The highest BCUT2D eigenvalue weighted by molar-refractivity contribution is 6.41. The van der Waals surface area contributed by atoms with Crippen LogP contribution in [-0.2, 0) is 33.5 Å². The van der Waals surface area contributed by atoms with Gasteiger partial charge >= 0.3 is 0 Å². The molecule has 0 bridgehead atoms. The Bertz CT molecular complexity index is 1580.